The summed E-state index contributed by atoms with van der Waals surface area (Å²) >= 11 is 0. The van der Waals surface area contributed by atoms with Crippen LogP contribution in [-0.4, -0.2) is 40.7 Å². The van der Waals surface area contributed by atoms with Crippen LogP contribution in [0, 0.1) is 5.92 Å². The minimum atomic E-state index is -0.204. The van der Waals surface area contributed by atoms with Crippen LogP contribution in [-0.2, 0) is 4.74 Å². The van der Waals surface area contributed by atoms with Crippen LogP contribution in [0.4, 0.5) is 0 Å². The van der Waals surface area contributed by atoms with Gasteiger partial charge in [0.05, 0.1) is 11.9 Å². The fourth-order valence-corrected chi connectivity index (χ4v) is 2.05. The van der Waals surface area contributed by atoms with Crippen molar-refractivity contribution >= 4 is 5.91 Å². The molecule has 0 radical (unpaired) electrons. The molecule has 1 fully saturated rings. The third-order valence-electron chi connectivity index (χ3n) is 3.51. The molecular formula is C16H20N4O2. The number of rotatable bonds is 8. The minimum absolute atomic E-state index is 0.204. The Labute approximate surface area is 129 Å². The van der Waals surface area contributed by atoms with Crippen LogP contribution in [0.3, 0.4) is 0 Å². The Morgan fingerprint density at radius 1 is 1.32 bits per heavy atom. The summed E-state index contributed by atoms with van der Waals surface area (Å²) in [6.45, 7) is 2.13. The van der Waals surface area contributed by atoms with Gasteiger partial charge in [0, 0.05) is 19.8 Å². The van der Waals surface area contributed by atoms with Crippen molar-refractivity contribution < 1.29 is 9.53 Å². The van der Waals surface area contributed by atoms with Gasteiger partial charge in [-0.1, -0.05) is 18.2 Å². The second-order valence-electron chi connectivity index (χ2n) is 5.48. The number of aromatic nitrogens is 3. The Kier molecular flexibility index (Phi) is 4.80. The highest BCUT2D eigenvalue weighted by molar-refractivity contribution is 5.91. The van der Waals surface area contributed by atoms with E-state index >= 15 is 0 Å². The number of amides is 1. The van der Waals surface area contributed by atoms with E-state index in [-0.39, 0.29) is 5.91 Å². The zero-order valence-electron chi connectivity index (χ0n) is 12.4. The zero-order chi connectivity index (χ0) is 15.2. The highest BCUT2D eigenvalue weighted by Gasteiger charge is 2.20. The van der Waals surface area contributed by atoms with Crippen LogP contribution in [0.25, 0.3) is 5.69 Å². The third kappa shape index (κ3) is 4.14. The molecule has 1 aliphatic rings. The number of carbonyl (C=O) groups excluding carboxylic acids is 1. The molecule has 1 amide bonds. The second-order valence-corrected chi connectivity index (χ2v) is 5.48. The molecule has 2 aromatic rings. The van der Waals surface area contributed by atoms with E-state index in [1.165, 1.54) is 23.8 Å². The Morgan fingerprint density at radius 2 is 2.14 bits per heavy atom. The van der Waals surface area contributed by atoms with Crippen molar-refractivity contribution in [3.8, 4) is 5.69 Å². The summed E-state index contributed by atoms with van der Waals surface area (Å²) in [5.41, 5.74) is 1.15. The Hall–Kier alpha value is -2.21. The maximum atomic E-state index is 12.0. The summed E-state index contributed by atoms with van der Waals surface area (Å²) in [4.78, 5) is 13.4. The number of hydrogen-bond acceptors (Lipinski definition) is 4. The minimum Gasteiger partial charge on any atom is -0.381 e. The molecule has 1 N–H and O–H groups in total. The molecule has 3 rings (SSSR count). The number of carbonyl (C=O) groups is 1. The van der Waals surface area contributed by atoms with Crippen molar-refractivity contribution in [1.29, 1.82) is 0 Å². The monoisotopic (exact) mass is 300 g/mol. The van der Waals surface area contributed by atoms with E-state index < -0.39 is 0 Å². The highest BCUT2D eigenvalue weighted by Crippen LogP contribution is 2.28. The van der Waals surface area contributed by atoms with E-state index in [2.05, 4.69) is 15.5 Å². The molecule has 0 atom stereocenters. The first-order valence-electron chi connectivity index (χ1n) is 7.66. The Morgan fingerprint density at radius 3 is 2.91 bits per heavy atom. The third-order valence-corrected chi connectivity index (χ3v) is 3.51. The quantitative estimate of drug-likeness (QED) is 0.755. The van der Waals surface area contributed by atoms with Gasteiger partial charge in [0.15, 0.2) is 5.69 Å². The lowest BCUT2D eigenvalue weighted by molar-refractivity contribution is 0.0932. The predicted molar refractivity (Wildman–Crippen MR) is 81.9 cm³/mol. The Balaban J connectivity index is 1.41. The Bertz CT molecular complexity index is 608. The molecule has 0 spiro atoms. The van der Waals surface area contributed by atoms with Gasteiger partial charge >= 0.3 is 0 Å². The van der Waals surface area contributed by atoms with Gasteiger partial charge in [0.2, 0.25) is 0 Å². The lowest BCUT2D eigenvalue weighted by atomic mass is 10.3. The lowest BCUT2D eigenvalue weighted by Gasteiger charge is -2.04. The van der Waals surface area contributed by atoms with Gasteiger partial charge in [0.25, 0.3) is 5.91 Å². The van der Waals surface area contributed by atoms with E-state index in [0.717, 1.165) is 24.6 Å². The maximum Gasteiger partial charge on any atom is 0.273 e. The average molecular weight is 300 g/mol. The van der Waals surface area contributed by atoms with Crippen LogP contribution < -0.4 is 5.32 Å². The van der Waals surface area contributed by atoms with Crippen molar-refractivity contribution in [2.45, 2.75) is 19.3 Å². The van der Waals surface area contributed by atoms with Crippen molar-refractivity contribution in [2.75, 3.05) is 19.8 Å². The number of ether oxygens (including phenoxy) is 1. The van der Waals surface area contributed by atoms with Gasteiger partial charge in [-0.05, 0) is 37.3 Å². The van der Waals surface area contributed by atoms with Crippen molar-refractivity contribution in [2.24, 2.45) is 5.92 Å². The topological polar surface area (TPSA) is 69.0 Å². The van der Waals surface area contributed by atoms with Gasteiger partial charge in [0.1, 0.15) is 0 Å². The molecule has 0 aliphatic heterocycles. The lowest BCUT2D eigenvalue weighted by Crippen LogP contribution is -2.25. The van der Waals surface area contributed by atoms with Gasteiger partial charge in [-0.25, -0.2) is 0 Å². The summed E-state index contributed by atoms with van der Waals surface area (Å²) in [6, 6.07) is 9.50. The van der Waals surface area contributed by atoms with Crippen molar-refractivity contribution in [1.82, 2.24) is 20.3 Å². The predicted octanol–water partition coefficient (Wildman–Crippen LogP) is 1.81. The summed E-state index contributed by atoms with van der Waals surface area (Å²) in [7, 11) is 0. The summed E-state index contributed by atoms with van der Waals surface area (Å²) in [5.74, 6) is 0.576. The van der Waals surface area contributed by atoms with Gasteiger partial charge in [-0.3, -0.25) is 4.79 Å². The first-order valence-corrected chi connectivity index (χ1v) is 7.66. The van der Waals surface area contributed by atoms with E-state index in [4.69, 9.17) is 4.74 Å². The molecule has 1 saturated carbocycles. The molecular weight excluding hydrogens is 280 g/mol. The summed E-state index contributed by atoms with van der Waals surface area (Å²) < 4.78 is 5.52. The first kappa shape index (κ1) is 14.7. The van der Waals surface area contributed by atoms with Gasteiger partial charge < -0.3 is 10.1 Å². The van der Waals surface area contributed by atoms with Crippen molar-refractivity contribution in [3.63, 3.8) is 0 Å². The highest BCUT2D eigenvalue weighted by atomic mass is 16.5. The molecule has 1 aliphatic carbocycles. The number of benzene rings is 1. The fraction of sp³-hybridized carbons (Fsp3) is 0.438. The zero-order valence-corrected chi connectivity index (χ0v) is 12.4. The molecule has 6 nitrogen and oxygen atoms in total. The number of para-hydroxylation sites is 1. The molecule has 1 aromatic heterocycles. The fourth-order valence-electron chi connectivity index (χ4n) is 2.05. The van der Waals surface area contributed by atoms with E-state index in [0.29, 0.717) is 18.8 Å². The standard InChI is InChI=1S/C16H20N4O2/c21-16(17-9-4-10-22-12-13-7-8-13)15-11-18-20(19-15)14-5-2-1-3-6-14/h1-3,5-6,11,13H,4,7-10,12H2,(H,17,21). The van der Waals surface area contributed by atoms with Crippen LogP contribution in [0.2, 0.25) is 0 Å². The normalized spacial score (nSPS) is 14.0. The average Bonchev–Trinajstić information content (AvgIpc) is 3.24. The summed E-state index contributed by atoms with van der Waals surface area (Å²) in [6.07, 6.45) is 4.89. The molecule has 116 valence electrons. The van der Waals surface area contributed by atoms with Crippen LogP contribution in [0.1, 0.15) is 29.8 Å². The largest absolute Gasteiger partial charge is 0.381 e. The van der Waals surface area contributed by atoms with E-state index in [1.54, 1.807) is 0 Å². The van der Waals surface area contributed by atoms with Gasteiger partial charge in [-0.2, -0.15) is 9.90 Å². The molecule has 1 heterocycles. The van der Waals surface area contributed by atoms with E-state index in [1.807, 2.05) is 30.3 Å². The smallest absolute Gasteiger partial charge is 0.273 e. The molecule has 0 unspecified atom stereocenters. The van der Waals surface area contributed by atoms with Crippen LogP contribution in [0.5, 0.6) is 0 Å². The second kappa shape index (κ2) is 7.17. The SMILES string of the molecule is O=C(NCCCOCC1CC1)c1cnn(-c2ccccc2)n1. The van der Waals surface area contributed by atoms with Crippen molar-refractivity contribution in [3.05, 3.63) is 42.2 Å². The number of nitrogens with zero attached hydrogens (tertiary/aromatic N) is 3. The molecule has 0 bridgehead atoms. The molecule has 6 heteroatoms. The number of nitrogens with one attached hydrogen (secondary N) is 1. The maximum absolute atomic E-state index is 12.0. The van der Waals surface area contributed by atoms with Gasteiger partial charge in [-0.15, -0.1) is 5.10 Å². The number of hydrogen-bond donors (Lipinski definition) is 1. The summed E-state index contributed by atoms with van der Waals surface area (Å²) in [5, 5.41) is 11.1. The molecule has 22 heavy (non-hydrogen) atoms. The molecule has 0 saturated heterocycles. The van der Waals surface area contributed by atoms with E-state index in [9.17, 15) is 4.79 Å². The van der Waals surface area contributed by atoms with Crippen LogP contribution >= 0.6 is 0 Å². The molecule has 1 aromatic carbocycles. The van der Waals surface area contributed by atoms with Crippen LogP contribution in [0.15, 0.2) is 36.5 Å². The first-order chi connectivity index (χ1) is 10.8.